The summed E-state index contributed by atoms with van der Waals surface area (Å²) < 4.78 is 26.3. The molecule has 7 nitrogen and oxygen atoms in total. The molecule has 0 aliphatic heterocycles. The number of hydrogen-bond acceptors (Lipinski definition) is 6. The quantitative estimate of drug-likeness (QED) is 0.627. The fourth-order valence-electron chi connectivity index (χ4n) is 1.75. The first-order valence-corrected chi connectivity index (χ1v) is 7.71. The number of nitrogen functional groups attached to an aromatic ring is 1. The molecule has 1 fully saturated rings. The van der Waals surface area contributed by atoms with Gasteiger partial charge in [0.2, 0.25) is 0 Å². The van der Waals surface area contributed by atoms with Crippen molar-refractivity contribution in [2.24, 2.45) is 5.92 Å². The van der Waals surface area contributed by atoms with Gasteiger partial charge < -0.3 is 5.73 Å². The number of nitro groups is 1. The van der Waals surface area contributed by atoms with Crippen LogP contribution < -0.4 is 10.5 Å². The Bertz CT molecular complexity index is 581. The van der Waals surface area contributed by atoms with Crippen LogP contribution in [-0.4, -0.2) is 19.4 Å². The molecule has 1 aromatic rings. The second kappa shape index (κ2) is 4.48. The fraction of sp³-hybridized carbons (Fsp3) is 0.556. The summed E-state index contributed by atoms with van der Waals surface area (Å²) in [6.45, 7) is 1.99. The normalized spacial score (nSPS) is 22.9. The molecule has 2 rings (SSSR count). The molecule has 9 heteroatoms. The fourth-order valence-corrected chi connectivity index (χ4v) is 4.30. The highest BCUT2D eigenvalue weighted by atomic mass is 32.2. The van der Waals surface area contributed by atoms with E-state index < -0.39 is 14.9 Å². The van der Waals surface area contributed by atoms with E-state index in [1.807, 2.05) is 6.92 Å². The van der Waals surface area contributed by atoms with Crippen molar-refractivity contribution in [3.8, 4) is 0 Å². The molecule has 100 valence electrons. The molecule has 1 aliphatic carbocycles. The topological polar surface area (TPSA) is 115 Å². The number of hydrogen-bond donors (Lipinski definition) is 2. The predicted octanol–water partition coefficient (Wildman–Crippen LogP) is 1.32. The first-order valence-electron chi connectivity index (χ1n) is 5.41. The van der Waals surface area contributed by atoms with Gasteiger partial charge in [0.25, 0.3) is 10.0 Å². The molecule has 1 aromatic heterocycles. The van der Waals surface area contributed by atoms with E-state index in [1.54, 1.807) is 0 Å². The number of rotatable bonds is 5. The molecule has 2 unspecified atom stereocenters. The molecule has 18 heavy (non-hydrogen) atoms. The number of nitrogens with zero attached hydrogens (tertiary/aromatic N) is 1. The molecule has 1 aliphatic rings. The van der Waals surface area contributed by atoms with Gasteiger partial charge in [-0.25, -0.2) is 13.1 Å². The Balaban J connectivity index is 2.20. The molecular weight excluding hydrogens is 278 g/mol. The van der Waals surface area contributed by atoms with Gasteiger partial charge in [-0.05, 0) is 12.3 Å². The van der Waals surface area contributed by atoms with Crippen molar-refractivity contribution in [2.75, 3.05) is 5.73 Å². The minimum atomic E-state index is -3.69. The maximum Gasteiger partial charge on any atom is 0.304 e. The van der Waals surface area contributed by atoms with Crippen molar-refractivity contribution < 1.29 is 13.3 Å². The molecule has 0 aromatic carbocycles. The number of anilines is 1. The maximum atomic E-state index is 12.0. The van der Waals surface area contributed by atoms with Gasteiger partial charge in [0, 0.05) is 12.1 Å². The van der Waals surface area contributed by atoms with Crippen molar-refractivity contribution in [3.63, 3.8) is 0 Å². The van der Waals surface area contributed by atoms with Crippen LogP contribution in [-0.2, 0) is 10.0 Å². The summed E-state index contributed by atoms with van der Waals surface area (Å²) >= 11 is 0.714. The van der Waals surface area contributed by atoms with E-state index in [-0.39, 0.29) is 20.9 Å². The first kappa shape index (κ1) is 13.2. The highest BCUT2D eigenvalue weighted by Crippen LogP contribution is 2.37. The predicted molar refractivity (Wildman–Crippen MR) is 67.9 cm³/mol. The van der Waals surface area contributed by atoms with Crippen molar-refractivity contribution in [1.29, 1.82) is 0 Å². The Morgan fingerprint density at radius 2 is 2.33 bits per heavy atom. The van der Waals surface area contributed by atoms with Gasteiger partial charge in [0.05, 0.1) is 4.92 Å². The maximum absolute atomic E-state index is 12.0. The van der Waals surface area contributed by atoms with E-state index in [1.165, 1.54) is 0 Å². The van der Waals surface area contributed by atoms with Crippen LogP contribution in [0.5, 0.6) is 0 Å². The lowest BCUT2D eigenvalue weighted by Crippen LogP contribution is -2.26. The third kappa shape index (κ3) is 2.47. The summed E-state index contributed by atoms with van der Waals surface area (Å²) in [6, 6.07) is 0.952. The van der Waals surface area contributed by atoms with Crippen LogP contribution in [0.15, 0.2) is 10.3 Å². The van der Waals surface area contributed by atoms with Gasteiger partial charge in [0.1, 0.15) is 4.21 Å². The van der Waals surface area contributed by atoms with Gasteiger partial charge in [-0.2, -0.15) is 0 Å². The molecule has 1 heterocycles. The smallest absolute Gasteiger partial charge is 0.304 e. The molecular formula is C9H13N3O4S2. The molecule has 0 radical (unpaired) electrons. The third-order valence-electron chi connectivity index (χ3n) is 2.93. The minimum absolute atomic E-state index is 0.0534. The van der Waals surface area contributed by atoms with Crippen LogP contribution in [0.2, 0.25) is 0 Å². The van der Waals surface area contributed by atoms with Gasteiger partial charge in [0.15, 0.2) is 5.00 Å². The van der Waals surface area contributed by atoms with Crippen LogP contribution in [0.1, 0.15) is 19.8 Å². The second-order valence-corrected chi connectivity index (χ2v) is 7.23. The molecule has 0 saturated heterocycles. The number of nitrogens with two attached hydrogens (primary N) is 1. The zero-order chi connectivity index (χ0) is 13.5. The van der Waals surface area contributed by atoms with Crippen molar-refractivity contribution in [1.82, 2.24) is 4.72 Å². The second-order valence-electron chi connectivity index (χ2n) is 4.20. The molecule has 0 bridgehead atoms. The van der Waals surface area contributed by atoms with E-state index in [0.717, 1.165) is 18.9 Å². The SMILES string of the molecule is CCC1CC1NS(=O)(=O)c1cc([N+](=O)[O-])c(N)s1. The summed E-state index contributed by atoms with van der Waals surface area (Å²) in [6.07, 6.45) is 1.73. The Labute approximate surface area is 108 Å². The van der Waals surface area contributed by atoms with Crippen LogP contribution in [0.4, 0.5) is 10.7 Å². The minimum Gasteiger partial charge on any atom is -0.385 e. The molecule has 1 saturated carbocycles. The zero-order valence-corrected chi connectivity index (χ0v) is 11.3. The van der Waals surface area contributed by atoms with Crippen LogP contribution in [0, 0.1) is 16.0 Å². The standard InChI is InChI=1S/C9H13N3O4S2/c1-2-5-3-6(5)11-18(15,16)8-4-7(12(13)14)9(10)17-8/h4-6,11H,2-3,10H2,1H3. The summed E-state index contributed by atoms with van der Waals surface area (Å²) in [5, 5.41) is 10.5. The Morgan fingerprint density at radius 1 is 1.67 bits per heavy atom. The summed E-state index contributed by atoms with van der Waals surface area (Å²) in [7, 11) is -3.69. The van der Waals surface area contributed by atoms with Gasteiger partial charge in [-0.3, -0.25) is 10.1 Å². The molecule has 3 N–H and O–H groups in total. The average Bonchev–Trinajstić information content (AvgIpc) is 2.87. The van der Waals surface area contributed by atoms with E-state index in [9.17, 15) is 18.5 Å². The molecule has 0 spiro atoms. The molecule has 0 amide bonds. The highest BCUT2D eigenvalue weighted by Gasteiger charge is 2.39. The number of nitrogens with one attached hydrogen (secondary N) is 1. The summed E-state index contributed by atoms with van der Waals surface area (Å²) in [5.41, 5.74) is 5.07. The largest absolute Gasteiger partial charge is 0.385 e. The lowest BCUT2D eigenvalue weighted by atomic mass is 10.3. The Hall–Kier alpha value is -1.19. The van der Waals surface area contributed by atoms with Gasteiger partial charge in [-0.15, -0.1) is 0 Å². The van der Waals surface area contributed by atoms with Gasteiger partial charge >= 0.3 is 5.69 Å². The average molecular weight is 291 g/mol. The van der Waals surface area contributed by atoms with Crippen LogP contribution in [0.3, 0.4) is 0 Å². The Kier molecular flexibility index (Phi) is 3.30. The number of sulfonamides is 1. The Morgan fingerprint density at radius 3 is 2.78 bits per heavy atom. The lowest BCUT2D eigenvalue weighted by molar-refractivity contribution is -0.383. The van der Waals surface area contributed by atoms with Crippen molar-refractivity contribution >= 4 is 32.0 Å². The van der Waals surface area contributed by atoms with Crippen LogP contribution in [0.25, 0.3) is 0 Å². The van der Waals surface area contributed by atoms with E-state index in [2.05, 4.69) is 4.72 Å². The van der Waals surface area contributed by atoms with Crippen molar-refractivity contribution in [2.45, 2.75) is 30.0 Å². The summed E-state index contributed by atoms with van der Waals surface area (Å²) in [4.78, 5) is 9.93. The highest BCUT2D eigenvalue weighted by molar-refractivity contribution is 7.91. The molecule has 2 atom stereocenters. The summed E-state index contributed by atoms with van der Waals surface area (Å²) in [5.74, 6) is 0.368. The third-order valence-corrected chi connectivity index (χ3v) is 5.85. The van der Waals surface area contributed by atoms with E-state index in [4.69, 9.17) is 5.73 Å². The first-order chi connectivity index (χ1) is 8.35. The van der Waals surface area contributed by atoms with Crippen LogP contribution >= 0.6 is 11.3 Å². The lowest BCUT2D eigenvalue weighted by Gasteiger charge is -2.02. The van der Waals surface area contributed by atoms with E-state index >= 15 is 0 Å². The zero-order valence-electron chi connectivity index (χ0n) is 9.62. The van der Waals surface area contributed by atoms with Gasteiger partial charge in [-0.1, -0.05) is 24.7 Å². The monoisotopic (exact) mass is 291 g/mol. The van der Waals surface area contributed by atoms with Crippen molar-refractivity contribution in [3.05, 3.63) is 16.2 Å². The van der Waals surface area contributed by atoms with E-state index in [0.29, 0.717) is 17.3 Å². The number of thiophene rings is 1.